The van der Waals surface area contributed by atoms with Crippen LogP contribution in [0.4, 0.5) is 0 Å². The van der Waals surface area contributed by atoms with E-state index in [1.165, 1.54) is 18.4 Å². The molecular weight excluding hydrogens is 224 g/mol. The highest BCUT2D eigenvalue weighted by atomic mass is 15.4. The lowest BCUT2D eigenvalue weighted by atomic mass is 10.2. The average molecular weight is 242 g/mol. The maximum atomic E-state index is 5.65. The van der Waals surface area contributed by atoms with Crippen LogP contribution in [0.25, 0.3) is 5.69 Å². The third-order valence-corrected chi connectivity index (χ3v) is 3.28. The van der Waals surface area contributed by atoms with Gasteiger partial charge in [0.05, 0.1) is 5.69 Å². The minimum Gasteiger partial charge on any atom is -0.330 e. The summed E-state index contributed by atoms with van der Waals surface area (Å²) in [6.45, 7) is 2.69. The first kappa shape index (κ1) is 11.4. The molecule has 0 aliphatic heterocycles. The van der Waals surface area contributed by atoms with Crippen molar-refractivity contribution in [2.45, 2.75) is 32.1 Å². The van der Waals surface area contributed by atoms with Gasteiger partial charge in [0.1, 0.15) is 5.82 Å². The lowest BCUT2D eigenvalue weighted by molar-refractivity contribution is 0.769. The van der Waals surface area contributed by atoms with Gasteiger partial charge in [0.15, 0.2) is 5.82 Å². The van der Waals surface area contributed by atoms with Crippen LogP contribution in [0.2, 0.25) is 0 Å². The Bertz CT molecular complexity index is 537. The number of hydrogen-bond acceptors (Lipinski definition) is 3. The fourth-order valence-electron chi connectivity index (χ4n) is 2.06. The zero-order valence-electron chi connectivity index (χ0n) is 10.6. The SMILES string of the molecule is Cc1ccc(-n2nc(C3CC3)nc2CCN)cc1. The number of nitrogens with two attached hydrogens (primary N) is 1. The summed E-state index contributed by atoms with van der Waals surface area (Å²) in [5.41, 5.74) is 7.98. The van der Waals surface area contributed by atoms with Crippen molar-refractivity contribution in [1.82, 2.24) is 14.8 Å². The van der Waals surface area contributed by atoms with E-state index in [4.69, 9.17) is 5.73 Å². The van der Waals surface area contributed by atoms with Crippen LogP contribution in [0, 0.1) is 6.92 Å². The molecule has 1 aliphatic rings. The fraction of sp³-hybridized carbons (Fsp3) is 0.429. The summed E-state index contributed by atoms with van der Waals surface area (Å²) >= 11 is 0. The van der Waals surface area contributed by atoms with Crippen LogP contribution in [0.1, 0.15) is 36.0 Å². The first-order valence-corrected chi connectivity index (χ1v) is 6.51. The molecule has 0 unspecified atom stereocenters. The van der Waals surface area contributed by atoms with Gasteiger partial charge in [0.2, 0.25) is 0 Å². The maximum absolute atomic E-state index is 5.65. The van der Waals surface area contributed by atoms with E-state index < -0.39 is 0 Å². The van der Waals surface area contributed by atoms with Crippen molar-refractivity contribution in [1.29, 1.82) is 0 Å². The van der Waals surface area contributed by atoms with Crippen molar-refractivity contribution >= 4 is 0 Å². The van der Waals surface area contributed by atoms with Gasteiger partial charge in [-0.15, -0.1) is 0 Å². The fourth-order valence-corrected chi connectivity index (χ4v) is 2.06. The minimum absolute atomic E-state index is 0.577. The lowest BCUT2D eigenvalue weighted by Gasteiger charge is -2.05. The molecule has 0 atom stereocenters. The standard InChI is InChI=1S/C14H18N4/c1-10-2-6-12(7-3-10)18-13(8-9-15)16-14(17-18)11-4-5-11/h2-3,6-7,11H,4-5,8-9,15H2,1H3. The van der Waals surface area contributed by atoms with Crippen LogP contribution < -0.4 is 5.73 Å². The molecule has 1 heterocycles. The minimum atomic E-state index is 0.577. The Balaban J connectivity index is 2.00. The molecule has 3 rings (SSSR count). The molecule has 0 radical (unpaired) electrons. The molecule has 0 saturated heterocycles. The topological polar surface area (TPSA) is 56.7 Å². The molecule has 1 aliphatic carbocycles. The molecule has 1 fully saturated rings. The highest BCUT2D eigenvalue weighted by Crippen LogP contribution is 2.38. The predicted octanol–water partition coefficient (Wildman–Crippen LogP) is 1.95. The van der Waals surface area contributed by atoms with E-state index >= 15 is 0 Å². The summed E-state index contributed by atoms with van der Waals surface area (Å²) in [4.78, 5) is 4.63. The van der Waals surface area contributed by atoms with E-state index in [-0.39, 0.29) is 0 Å². The summed E-state index contributed by atoms with van der Waals surface area (Å²) < 4.78 is 1.94. The van der Waals surface area contributed by atoms with Gasteiger partial charge in [-0.25, -0.2) is 9.67 Å². The Morgan fingerprint density at radius 1 is 1.28 bits per heavy atom. The van der Waals surface area contributed by atoms with Crippen LogP contribution >= 0.6 is 0 Å². The largest absolute Gasteiger partial charge is 0.330 e. The van der Waals surface area contributed by atoms with Crippen molar-refractivity contribution < 1.29 is 0 Å². The van der Waals surface area contributed by atoms with E-state index in [9.17, 15) is 0 Å². The molecule has 0 amide bonds. The molecular formula is C14H18N4. The van der Waals surface area contributed by atoms with Crippen molar-refractivity contribution in [3.8, 4) is 5.69 Å². The third-order valence-electron chi connectivity index (χ3n) is 3.28. The van der Waals surface area contributed by atoms with Crippen LogP contribution in [0.3, 0.4) is 0 Å². The number of benzene rings is 1. The first-order valence-electron chi connectivity index (χ1n) is 6.51. The molecule has 2 N–H and O–H groups in total. The van der Waals surface area contributed by atoms with Gasteiger partial charge in [0.25, 0.3) is 0 Å². The highest BCUT2D eigenvalue weighted by Gasteiger charge is 2.29. The smallest absolute Gasteiger partial charge is 0.154 e. The normalized spacial score (nSPS) is 15.0. The number of aryl methyl sites for hydroxylation is 1. The Morgan fingerprint density at radius 3 is 2.61 bits per heavy atom. The molecule has 1 aromatic carbocycles. The Kier molecular flexibility index (Phi) is 2.88. The van der Waals surface area contributed by atoms with Crippen LogP contribution in [0.15, 0.2) is 24.3 Å². The number of rotatable bonds is 4. The van der Waals surface area contributed by atoms with E-state index in [2.05, 4.69) is 41.3 Å². The van der Waals surface area contributed by atoms with Gasteiger partial charge in [-0.2, -0.15) is 5.10 Å². The molecule has 18 heavy (non-hydrogen) atoms. The monoisotopic (exact) mass is 242 g/mol. The molecule has 1 saturated carbocycles. The third kappa shape index (κ3) is 2.16. The molecule has 1 aromatic heterocycles. The van der Waals surface area contributed by atoms with Crippen molar-refractivity contribution in [3.63, 3.8) is 0 Å². The van der Waals surface area contributed by atoms with Gasteiger partial charge in [-0.05, 0) is 38.4 Å². The highest BCUT2D eigenvalue weighted by molar-refractivity contribution is 5.34. The second-order valence-corrected chi connectivity index (χ2v) is 4.95. The van der Waals surface area contributed by atoms with E-state index in [0.29, 0.717) is 12.5 Å². The Hall–Kier alpha value is -1.68. The summed E-state index contributed by atoms with van der Waals surface area (Å²) in [7, 11) is 0. The Morgan fingerprint density at radius 2 is 2.00 bits per heavy atom. The molecule has 0 spiro atoms. The first-order chi connectivity index (χ1) is 8.78. The van der Waals surface area contributed by atoms with Crippen molar-refractivity contribution in [2.24, 2.45) is 5.73 Å². The van der Waals surface area contributed by atoms with Gasteiger partial charge < -0.3 is 5.73 Å². The van der Waals surface area contributed by atoms with E-state index in [1.807, 2.05) is 4.68 Å². The van der Waals surface area contributed by atoms with Gasteiger partial charge in [-0.3, -0.25) is 0 Å². The zero-order chi connectivity index (χ0) is 12.5. The Labute approximate surface area is 107 Å². The number of aromatic nitrogens is 3. The van der Waals surface area contributed by atoms with Gasteiger partial charge >= 0.3 is 0 Å². The summed E-state index contributed by atoms with van der Waals surface area (Å²) in [5, 5.41) is 4.64. The second-order valence-electron chi connectivity index (χ2n) is 4.95. The quantitative estimate of drug-likeness (QED) is 0.891. The summed E-state index contributed by atoms with van der Waals surface area (Å²) in [6.07, 6.45) is 3.22. The van der Waals surface area contributed by atoms with Crippen LogP contribution in [0.5, 0.6) is 0 Å². The molecule has 0 bridgehead atoms. The second kappa shape index (κ2) is 4.53. The van der Waals surface area contributed by atoms with Gasteiger partial charge in [0, 0.05) is 12.3 Å². The maximum Gasteiger partial charge on any atom is 0.154 e. The van der Waals surface area contributed by atoms with Crippen LogP contribution in [-0.4, -0.2) is 21.3 Å². The number of nitrogens with zero attached hydrogens (tertiary/aromatic N) is 3. The molecule has 2 aromatic rings. The number of hydrogen-bond donors (Lipinski definition) is 1. The lowest BCUT2D eigenvalue weighted by Crippen LogP contribution is -2.09. The van der Waals surface area contributed by atoms with Crippen molar-refractivity contribution in [3.05, 3.63) is 41.5 Å². The zero-order valence-corrected chi connectivity index (χ0v) is 10.6. The molecule has 94 valence electrons. The van der Waals surface area contributed by atoms with Crippen LogP contribution in [-0.2, 0) is 6.42 Å². The van der Waals surface area contributed by atoms with E-state index in [1.54, 1.807) is 0 Å². The summed E-state index contributed by atoms with van der Waals surface area (Å²) in [5.74, 6) is 2.54. The molecule has 4 nitrogen and oxygen atoms in total. The molecule has 4 heteroatoms. The average Bonchev–Trinajstić information content (AvgIpc) is 3.13. The van der Waals surface area contributed by atoms with Crippen molar-refractivity contribution in [2.75, 3.05) is 6.54 Å². The predicted molar refractivity (Wildman–Crippen MR) is 70.8 cm³/mol. The summed E-state index contributed by atoms with van der Waals surface area (Å²) in [6, 6.07) is 8.36. The van der Waals surface area contributed by atoms with Gasteiger partial charge in [-0.1, -0.05) is 17.7 Å². The van der Waals surface area contributed by atoms with E-state index in [0.717, 1.165) is 23.8 Å².